The van der Waals surface area contributed by atoms with E-state index in [0.29, 0.717) is 44.6 Å². The second-order valence-electron chi connectivity index (χ2n) is 8.98. The summed E-state index contributed by atoms with van der Waals surface area (Å²) in [5.74, 6) is -1.06. The number of benzene rings is 1. The van der Waals surface area contributed by atoms with Gasteiger partial charge in [-0.25, -0.2) is 4.79 Å². The SMILES string of the molecule is O=C(O)c1c(OC2CN(C(=O)CC3CNCCO3)C2)ccc2c1C[B-](O)(O)C1CC21. The fraction of sp³-hybridized carbons (Fsp3) is 0.600. The summed E-state index contributed by atoms with van der Waals surface area (Å²) in [6.07, 6.45) is 0.542. The topological polar surface area (TPSA) is 129 Å². The van der Waals surface area contributed by atoms with Gasteiger partial charge in [-0.2, -0.15) is 0 Å². The van der Waals surface area contributed by atoms with E-state index in [4.69, 9.17) is 9.47 Å². The van der Waals surface area contributed by atoms with Gasteiger partial charge in [-0.05, 0) is 17.5 Å². The molecule has 0 aromatic heterocycles. The molecule has 0 radical (unpaired) electrons. The van der Waals surface area contributed by atoms with Crippen LogP contribution in [-0.2, 0) is 15.9 Å². The number of carbonyl (C=O) groups is 2. The summed E-state index contributed by atoms with van der Waals surface area (Å²) in [6, 6.07) is 3.51. The minimum Gasteiger partial charge on any atom is -0.583 e. The lowest BCUT2D eigenvalue weighted by molar-refractivity contribution is -0.143. The van der Waals surface area contributed by atoms with Crippen molar-refractivity contribution >= 4 is 18.4 Å². The minimum atomic E-state index is -2.58. The number of rotatable bonds is 5. The molecule has 3 aliphatic heterocycles. The average Bonchev–Trinajstić information content (AvgIpc) is 3.46. The molecule has 4 N–H and O–H groups in total. The first-order chi connectivity index (χ1) is 14.3. The van der Waals surface area contributed by atoms with Crippen molar-refractivity contribution in [2.45, 2.75) is 43.1 Å². The van der Waals surface area contributed by atoms with Gasteiger partial charge in [-0.1, -0.05) is 24.4 Å². The normalized spacial score (nSPS) is 29.4. The third-order valence-electron chi connectivity index (χ3n) is 6.86. The van der Waals surface area contributed by atoms with Crippen LogP contribution in [0.1, 0.15) is 40.2 Å². The van der Waals surface area contributed by atoms with Crippen molar-refractivity contribution < 1.29 is 34.2 Å². The molecule has 3 fully saturated rings. The molecule has 5 rings (SSSR count). The second-order valence-corrected chi connectivity index (χ2v) is 8.98. The van der Waals surface area contributed by atoms with E-state index >= 15 is 0 Å². The number of hydrogen-bond acceptors (Lipinski definition) is 7. The fourth-order valence-electron chi connectivity index (χ4n) is 5.13. The summed E-state index contributed by atoms with van der Waals surface area (Å²) in [4.78, 5) is 26.1. The van der Waals surface area contributed by atoms with Crippen LogP contribution in [0.15, 0.2) is 12.1 Å². The van der Waals surface area contributed by atoms with Gasteiger partial charge in [0.25, 0.3) is 0 Å². The maximum absolute atomic E-state index is 12.4. The molecular formula is C20H26BN2O7-. The van der Waals surface area contributed by atoms with Crippen LogP contribution in [0.5, 0.6) is 5.75 Å². The zero-order valence-corrected chi connectivity index (χ0v) is 16.6. The van der Waals surface area contributed by atoms with Crippen LogP contribution in [0.3, 0.4) is 0 Å². The van der Waals surface area contributed by atoms with Crippen molar-refractivity contribution in [2.24, 2.45) is 0 Å². The quantitative estimate of drug-likeness (QED) is 0.483. The molecule has 1 aromatic carbocycles. The van der Waals surface area contributed by atoms with Gasteiger partial charge >= 0.3 is 5.97 Å². The van der Waals surface area contributed by atoms with E-state index in [-0.39, 0.29) is 47.5 Å². The van der Waals surface area contributed by atoms with Crippen LogP contribution in [0.2, 0.25) is 5.82 Å². The standard InChI is InChI=1S/C20H26BN2O7/c24-18(5-11-8-22-3-4-29-11)23-9-12(10-23)30-17-2-1-13-14-6-16(14)21(27,28)7-15(13)19(17)20(25)26/h1-2,11-12,14,16,22,27-28H,3-10H2,(H,25,26)/q-1. The van der Waals surface area contributed by atoms with Gasteiger partial charge in [0, 0.05) is 13.1 Å². The average molecular weight is 417 g/mol. The molecule has 0 bridgehead atoms. The van der Waals surface area contributed by atoms with Gasteiger partial charge < -0.3 is 34.8 Å². The summed E-state index contributed by atoms with van der Waals surface area (Å²) >= 11 is 0. The highest BCUT2D eigenvalue weighted by molar-refractivity contribution is 6.67. The number of aromatic carboxylic acids is 1. The largest absolute Gasteiger partial charge is 0.583 e. The number of ether oxygens (including phenoxy) is 2. The first kappa shape index (κ1) is 19.8. The maximum atomic E-state index is 12.4. The highest BCUT2D eigenvalue weighted by atomic mass is 16.5. The number of carboxylic acids is 1. The molecule has 10 heteroatoms. The Labute approximate surface area is 173 Å². The van der Waals surface area contributed by atoms with Crippen LogP contribution in [0.4, 0.5) is 0 Å². The third kappa shape index (κ3) is 3.47. The number of likely N-dealkylation sites (tertiary alicyclic amines) is 1. The molecule has 1 amide bonds. The number of fused-ring (bicyclic) bond motifs is 3. The molecule has 3 heterocycles. The fourth-order valence-corrected chi connectivity index (χ4v) is 5.13. The van der Waals surface area contributed by atoms with Crippen molar-refractivity contribution in [3.05, 3.63) is 28.8 Å². The van der Waals surface area contributed by atoms with Gasteiger partial charge in [0.05, 0.1) is 32.2 Å². The second kappa shape index (κ2) is 7.23. The Hall–Kier alpha value is -2.14. The van der Waals surface area contributed by atoms with Gasteiger partial charge in [-0.15, -0.1) is 5.82 Å². The number of nitrogens with one attached hydrogen (secondary N) is 1. The Morgan fingerprint density at radius 3 is 2.80 bits per heavy atom. The lowest BCUT2D eigenvalue weighted by Gasteiger charge is -2.40. The Morgan fingerprint density at radius 1 is 1.30 bits per heavy atom. The van der Waals surface area contributed by atoms with Crippen LogP contribution >= 0.6 is 0 Å². The Bertz CT molecular complexity index is 880. The summed E-state index contributed by atoms with van der Waals surface area (Å²) in [6.45, 7) is 0.277. The van der Waals surface area contributed by atoms with Gasteiger partial charge in [0.1, 0.15) is 17.4 Å². The molecule has 4 aliphatic rings. The van der Waals surface area contributed by atoms with Crippen LogP contribution in [0, 0.1) is 0 Å². The van der Waals surface area contributed by atoms with Gasteiger partial charge in [-0.3, -0.25) is 4.79 Å². The third-order valence-corrected chi connectivity index (χ3v) is 6.86. The van der Waals surface area contributed by atoms with E-state index in [1.54, 1.807) is 11.0 Å². The zero-order valence-electron chi connectivity index (χ0n) is 16.6. The molecule has 30 heavy (non-hydrogen) atoms. The van der Waals surface area contributed by atoms with Crippen LogP contribution in [-0.4, -0.2) is 83.5 Å². The van der Waals surface area contributed by atoms with E-state index in [2.05, 4.69) is 5.32 Å². The predicted octanol–water partition coefficient (Wildman–Crippen LogP) is -0.267. The highest BCUT2D eigenvalue weighted by Gasteiger charge is 2.52. The Balaban J connectivity index is 1.25. The lowest BCUT2D eigenvalue weighted by atomic mass is 9.45. The molecule has 1 aromatic rings. The molecule has 3 atom stereocenters. The molecule has 1 saturated carbocycles. The van der Waals surface area contributed by atoms with E-state index in [1.807, 2.05) is 6.07 Å². The lowest BCUT2D eigenvalue weighted by Crippen LogP contribution is -2.57. The Kier molecular flexibility index (Phi) is 4.77. The number of morpholine rings is 1. The van der Waals surface area contributed by atoms with Crippen molar-refractivity contribution in [3.8, 4) is 5.75 Å². The smallest absolute Gasteiger partial charge is 0.339 e. The number of amides is 1. The van der Waals surface area contributed by atoms with Gasteiger partial charge in [0.15, 0.2) is 0 Å². The maximum Gasteiger partial charge on any atom is 0.339 e. The molecule has 9 nitrogen and oxygen atoms in total. The first-order valence-electron chi connectivity index (χ1n) is 10.6. The van der Waals surface area contributed by atoms with Crippen LogP contribution < -0.4 is 10.1 Å². The number of carbonyl (C=O) groups excluding carboxylic acids is 1. The summed E-state index contributed by atoms with van der Waals surface area (Å²) < 4.78 is 11.5. The van der Waals surface area contributed by atoms with E-state index in [9.17, 15) is 24.7 Å². The molecule has 162 valence electrons. The summed E-state index contributed by atoms with van der Waals surface area (Å²) in [5.41, 5.74) is 1.37. The zero-order chi connectivity index (χ0) is 21.0. The molecule has 1 aliphatic carbocycles. The number of hydrogen-bond donors (Lipinski definition) is 4. The highest BCUT2D eigenvalue weighted by Crippen LogP contribution is 2.62. The number of nitrogens with zero attached hydrogens (tertiary/aromatic N) is 1. The summed E-state index contributed by atoms with van der Waals surface area (Å²) in [7, 11) is 0. The first-order valence-corrected chi connectivity index (χ1v) is 10.6. The van der Waals surface area contributed by atoms with Crippen molar-refractivity contribution in [2.75, 3.05) is 32.8 Å². The van der Waals surface area contributed by atoms with Crippen molar-refractivity contribution in [3.63, 3.8) is 0 Å². The van der Waals surface area contributed by atoms with Crippen molar-refractivity contribution in [1.29, 1.82) is 0 Å². The van der Waals surface area contributed by atoms with Crippen molar-refractivity contribution in [1.82, 2.24) is 10.2 Å². The van der Waals surface area contributed by atoms with Crippen LogP contribution in [0.25, 0.3) is 0 Å². The Morgan fingerprint density at radius 2 is 2.10 bits per heavy atom. The monoisotopic (exact) mass is 417 g/mol. The minimum absolute atomic E-state index is 0.000249. The van der Waals surface area contributed by atoms with E-state index in [0.717, 1.165) is 12.1 Å². The predicted molar refractivity (Wildman–Crippen MR) is 107 cm³/mol. The molecule has 0 spiro atoms. The molecule has 3 unspecified atom stereocenters. The molecule has 2 saturated heterocycles. The molecular weight excluding hydrogens is 391 g/mol. The van der Waals surface area contributed by atoms with E-state index < -0.39 is 12.5 Å². The summed E-state index contributed by atoms with van der Waals surface area (Å²) in [5, 5.41) is 33.6. The van der Waals surface area contributed by atoms with E-state index in [1.165, 1.54) is 0 Å². The number of carboxylic acid groups (broad SMARTS) is 1. The van der Waals surface area contributed by atoms with Gasteiger partial charge in [0.2, 0.25) is 12.5 Å².